The lowest BCUT2D eigenvalue weighted by molar-refractivity contribution is -0.140. The van der Waals surface area contributed by atoms with Crippen molar-refractivity contribution in [3.63, 3.8) is 0 Å². The van der Waals surface area contributed by atoms with Crippen molar-refractivity contribution in [2.45, 2.75) is 19.1 Å². The van der Waals surface area contributed by atoms with Crippen molar-refractivity contribution >= 4 is 22.7 Å². The monoisotopic (exact) mass is 446 g/mol. The molecule has 1 saturated heterocycles. The first-order chi connectivity index (χ1) is 15.2. The second-order valence-corrected chi connectivity index (χ2v) is 7.65. The summed E-state index contributed by atoms with van der Waals surface area (Å²) in [5.41, 5.74) is -0.704. The van der Waals surface area contributed by atoms with Crippen LogP contribution >= 0.6 is 0 Å². The number of H-pyrrole nitrogens is 1. The molecular weight excluding hydrogens is 425 g/mol. The maximum absolute atomic E-state index is 12.9. The van der Waals surface area contributed by atoms with Gasteiger partial charge in [-0.2, -0.15) is 13.2 Å². The minimum absolute atomic E-state index is 0.0593. The number of aromatic amines is 1. The molecule has 1 aliphatic heterocycles. The van der Waals surface area contributed by atoms with Crippen LogP contribution in [0.3, 0.4) is 0 Å². The Bertz CT molecular complexity index is 1210. The summed E-state index contributed by atoms with van der Waals surface area (Å²) in [4.78, 5) is 43.5. The number of alkyl halides is 3. The van der Waals surface area contributed by atoms with E-state index in [1.165, 1.54) is 4.90 Å². The fraction of sp³-hybridized carbons (Fsp3) is 0.318. The molecular formula is C22H21F3N4O3. The lowest BCUT2D eigenvalue weighted by Gasteiger charge is -2.35. The van der Waals surface area contributed by atoms with Crippen LogP contribution in [0.2, 0.25) is 0 Å². The number of nitrogens with one attached hydrogen (secondary N) is 1. The number of nitrogens with zero attached hydrogens (tertiary/aromatic N) is 3. The Morgan fingerprint density at radius 3 is 2.28 bits per heavy atom. The van der Waals surface area contributed by atoms with Gasteiger partial charge in [0.05, 0.1) is 6.42 Å². The molecule has 2 aromatic heterocycles. The zero-order valence-electron chi connectivity index (χ0n) is 17.1. The molecule has 0 saturated carbocycles. The number of carbonyl (C=O) groups excluding carboxylic acids is 2. The van der Waals surface area contributed by atoms with E-state index in [-0.39, 0.29) is 25.4 Å². The summed E-state index contributed by atoms with van der Waals surface area (Å²) >= 11 is 0. The highest BCUT2D eigenvalue weighted by atomic mass is 19.4. The molecule has 0 spiro atoms. The zero-order chi connectivity index (χ0) is 22.9. The highest BCUT2D eigenvalue weighted by molar-refractivity contribution is 5.89. The average Bonchev–Trinajstić information content (AvgIpc) is 3.17. The van der Waals surface area contributed by atoms with Gasteiger partial charge in [0.15, 0.2) is 0 Å². The molecule has 4 rings (SSSR count). The zero-order valence-corrected chi connectivity index (χ0v) is 17.1. The Morgan fingerprint density at radius 1 is 0.938 bits per heavy atom. The molecule has 7 nitrogen and oxygen atoms in total. The van der Waals surface area contributed by atoms with Gasteiger partial charge in [-0.3, -0.25) is 14.4 Å². The molecule has 0 aliphatic carbocycles. The number of fused-ring (bicyclic) bond motifs is 1. The maximum Gasteiger partial charge on any atom is 0.421 e. The van der Waals surface area contributed by atoms with Crippen molar-refractivity contribution < 1.29 is 22.8 Å². The van der Waals surface area contributed by atoms with Gasteiger partial charge in [-0.15, -0.1) is 0 Å². The topological polar surface area (TPSA) is 78.4 Å². The summed E-state index contributed by atoms with van der Waals surface area (Å²) in [7, 11) is 0. The number of aromatic nitrogens is 2. The van der Waals surface area contributed by atoms with Gasteiger partial charge in [-0.1, -0.05) is 18.2 Å². The molecule has 32 heavy (non-hydrogen) atoms. The number of rotatable bonds is 4. The molecule has 3 heterocycles. The van der Waals surface area contributed by atoms with E-state index in [1.807, 2.05) is 30.5 Å². The van der Waals surface area contributed by atoms with Crippen molar-refractivity contribution in [3.8, 4) is 0 Å². The van der Waals surface area contributed by atoms with Crippen molar-refractivity contribution in [3.05, 3.63) is 70.3 Å². The fourth-order valence-electron chi connectivity index (χ4n) is 3.88. The predicted octanol–water partition coefficient (Wildman–Crippen LogP) is 2.26. The summed E-state index contributed by atoms with van der Waals surface area (Å²) in [6, 6.07) is 9.49. The van der Waals surface area contributed by atoms with Crippen LogP contribution in [0.4, 0.5) is 13.2 Å². The van der Waals surface area contributed by atoms with Gasteiger partial charge in [-0.25, -0.2) is 0 Å². The number of hydrogen-bond acceptors (Lipinski definition) is 3. The van der Waals surface area contributed by atoms with Crippen LogP contribution in [0.5, 0.6) is 0 Å². The smallest absolute Gasteiger partial charge is 0.361 e. The van der Waals surface area contributed by atoms with E-state index in [9.17, 15) is 27.6 Å². The van der Waals surface area contributed by atoms with Crippen LogP contribution in [-0.2, 0) is 28.7 Å². The first-order valence-electron chi connectivity index (χ1n) is 10.1. The molecule has 1 fully saturated rings. The SMILES string of the molecule is O=C(Cc1c[nH]c2ccccc12)N1CCN(C(=O)Cn2cccc(C(F)(F)F)c2=O)CC1. The number of para-hydroxylation sites is 1. The van der Waals surface area contributed by atoms with E-state index in [0.717, 1.165) is 33.3 Å². The fourth-order valence-corrected chi connectivity index (χ4v) is 3.88. The van der Waals surface area contributed by atoms with Gasteiger partial charge < -0.3 is 19.4 Å². The van der Waals surface area contributed by atoms with E-state index in [1.54, 1.807) is 4.90 Å². The summed E-state index contributed by atoms with van der Waals surface area (Å²) < 4.78 is 39.5. The molecule has 168 valence electrons. The van der Waals surface area contributed by atoms with Crippen molar-refractivity contribution in [2.24, 2.45) is 0 Å². The Morgan fingerprint density at radius 2 is 1.59 bits per heavy atom. The molecule has 1 aromatic carbocycles. The minimum Gasteiger partial charge on any atom is -0.361 e. The molecule has 2 amide bonds. The summed E-state index contributed by atoms with van der Waals surface area (Å²) in [5.74, 6) is -0.522. The Hall–Kier alpha value is -3.56. The van der Waals surface area contributed by atoms with Gasteiger partial charge in [-0.05, 0) is 23.8 Å². The van der Waals surface area contributed by atoms with Crippen LogP contribution in [0.15, 0.2) is 53.6 Å². The number of amides is 2. The van der Waals surface area contributed by atoms with E-state index < -0.39 is 29.8 Å². The van der Waals surface area contributed by atoms with Crippen LogP contribution in [0.25, 0.3) is 10.9 Å². The van der Waals surface area contributed by atoms with E-state index in [4.69, 9.17) is 0 Å². The average molecular weight is 446 g/mol. The molecule has 1 N–H and O–H groups in total. The van der Waals surface area contributed by atoms with E-state index in [2.05, 4.69) is 4.98 Å². The highest BCUT2D eigenvalue weighted by Crippen LogP contribution is 2.26. The van der Waals surface area contributed by atoms with Crippen LogP contribution < -0.4 is 5.56 Å². The van der Waals surface area contributed by atoms with Gasteiger partial charge in [0.25, 0.3) is 5.56 Å². The summed E-state index contributed by atoms with van der Waals surface area (Å²) in [5, 5.41) is 0.987. The number of hydrogen-bond donors (Lipinski definition) is 1. The second kappa shape index (κ2) is 8.52. The number of carbonyl (C=O) groups is 2. The number of piperazine rings is 1. The minimum atomic E-state index is -4.78. The standard InChI is InChI=1S/C22H21F3N4O3/c23-22(24,25)17-5-3-7-29(21(17)32)14-20(31)28-10-8-27(9-11-28)19(30)12-15-13-26-18-6-2-1-4-16(15)18/h1-7,13,26H,8-12,14H2. The van der Waals surface area contributed by atoms with E-state index >= 15 is 0 Å². The van der Waals surface area contributed by atoms with E-state index in [0.29, 0.717) is 19.2 Å². The van der Waals surface area contributed by atoms with Crippen LogP contribution in [0.1, 0.15) is 11.1 Å². The summed E-state index contributed by atoms with van der Waals surface area (Å²) in [6.07, 6.45) is -1.57. The Kier molecular flexibility index (Phi) is 5.77. The Balaban J connectivity index is 1.35. The number of halogens is 3. The molecule has 0 atom stereocenters. The van der Waals surface area contributed by atoms with Crippen LogP contribution in [0, 0.1) is 0 Å². The van der Waals surface area contributed by atoms with Crippen molar-refractivity contribution in [2.75, 3.05) is 26.2 Å². The quantitative estimate of drug-likeness (QED) is 0.668. The number of pyridine rings is 1. The first-order valence-corrected chi connectivity index (χ1v) is 10.1. The maximum atomic E-state index is 12.9. The van der Waals surface area contributed by atoms with Gasteiger partial charge >= 0.3 is 6.18 Å². The lowest BCUT2D eigenvalue weighted by atomic mass is 10.1. The van der Waals surface area contributed by atoms with Crippen LogP contribution in [-0.4, -0.2) is 57.3 Å². The molecule has 3 aromatic rings. The normalized spacial score (nSPS) is 14.7. The molecule has 0 unspecified atom stereocenters. The third-order valence-electron chi connectivity index (χ3n) is 5.63. The van der Waals surface area contributed by atoms with Crippen molar-refractivity contribution in [1.29, 1.82) is 0 Å². The molecule has 0 bridgehead atoms. The van der Waals surface area contributed by atoms with Gasteiger partial charge in [0.2, 0.25) is 11.8 Å². The van der Waals surface area contributed by atoms with Crippen molar-refractivity contribution in [1.82, 2.24) is 19.4 Å². The van der Waals surface area contributed by atoms with Gasteiger partial charge in [0.1, 0.15) is 12.1 Å². The first kappa shape index (κ1) is 21.7. The third-order valence-corrected chi connectivity index (χ3v) is 5.63. The second-order valence-electron chi connectivity index (χ2n) is 7.65. The molecule has 0 radical (unpaired) electrons. The summed E-state index contributed by atoms with van der Waals surface area (Å²) in [6.45, 7) is 0.680. The highest BCUT2D eigenvalue weighted by Gasteiger charge is 2.34. The Labute approximate surface area is 181 Å². The number of benzene rings is 1. The largest absolute Gasteiger partial charge is 0.421 e. The lowest BCUT2D eigenvalue weighted by Crippen LogP contribution is -2.52. The molecule has 10 heteroatoms. The molecule has 1 aliphatic rings. The van der Waals surface area contributed by atoms with Gasteiger partial charge in [0, 0.05) is 49.5 Å². The third kappa shape index (κ3) is 4.39. The predicted molar refractivity (Wildman–Crippen MR) is 111 cm³/mol.